The minimum absolute atomic E-state index is 0.803. The molecule has 5 nitrogen and oxygen atoms in total. The van der Waals surface area contributed by atoms with Gasteiger partial charge in [-0.05, 0) is 30.7 Å². The maximum atomic E-state index is 5.31. The summed E-state index contributed by atoms with van der Waals surface area (Å²) in [5.41, 5.74) is 1.24. The van der Waals surface area contributed by atoms with E-state index in [-0.39, 0.29) is 0 Å². The molecule has 0 radical (unpaired) electrons. The van der Waals surface area contributed by atoms with E-state index < -0.39 is 0 Å². The van der Waals surface area contributed by atoms with E-state index in [2.05, 4.69) is 51.8 Å². The van der Waals surface area contributed by atoms with E-state index >= 15 is 0 Å². The number of nitrogens with zero attached hydrogens (tertiary/aromatic N) is 2. The number of benzene rings is 1. The van der Waals surface area contributed by atoms with Gasteiger partial charge in [-0.25, -0.2) is 0 Å². The number of furan rings is 1. The monoisotopic (exact) mass is 314 g/mol. The van der Waals surface area contributed by atoms with Gasteiger partial charge in [0.05, 0.1) is 6.26 Å². The van der Waals surface area contributed by atoms with Gasteiger partial charge in [0.25, 0.3) is 0 Å². The first-order valence-electron chi connectivity index (χ1n) is 8.02. The molecule has 5 heteroatoms. The predicted octanol–water partition coefficient (Wildman–Crippen LogP) is 2.51. The normalized spacial score (nSPS) is 11.3. The largest absolute Gasteiger partial charge is 0.469 e. The van der Waals surface area contributed by atoms with Crippen LogP contribution in [0.5, 0.6) is 0 Å². The summed E-state index contributed by atoms with van der Waals surface area (Å²) in [4.78, 5) is 6.49. The van der Waals surface area contributed by atoms with Crippen molar-refractivity contribution in [2.24, 2.45) is 4.99 Å². The zero-order valence-corrected chi connectivity index (χ0v) is 14.0. The Bertz CT molecular complexity index is 566. The molecule has 0 aliphatic carbocycles. The molecule has 2 rings (SSSR count). The lowest BCUT2D eigenvalue weighted by molar-refractivity contribution is 0.506. The maximum Gasteiger partial charge on any atom is 0.190 e. The van der Waals surface area contributed by atoms with Crippen molar-refractivity contribution in [1.82, 2.24) is 10.6 Å². The third-order valence-corrected chi connectivity index (χ3v) is 3.63. The van der Waals surface area contributed by atoms with Crippen molar-refractivity contribution in [3.05, 3.63) is 54.5 Å². The fourth-order valence-corrected chi connectivity index (χ4v) is 2.31. The van der Waals surface area contributed by atoms with Crippen molar-refractivity contribution >= 4 is 11.6 Å². The van der Waals surface area contributed by atoms with Gasteiger partial charge in [0.15, 0.2) is 5.96 Å². The van der Waals surface area contributed by atoms with Gasteiger partial charge in [0.1, 0.15) is 5.76 Å². The molecule has 23 heavy (non-hydrogen) atoms. The van der Waals surface area contributed by atoms with Gasteiger partial charge in [-0.1, -0.05) is 18.2 Å². The lowest BCUT2D eigenvalue weighted by Crippen LogP contribution is -2.39. The molecule has 0 aliphatic rings. The van der Waals surface area contributed by atoms with Crippen LogP contribution in [-0.4, -0.2) is 39.7 Å². The lowest BCUT2D eigenvalue weighted by atomic mass is 10.3. The number of hydrogen-bond acceptors (Lipinski definition) is 3. The second kappa shape index (κ2) is 9.56. The van der Waals surface area contributed by atoms with Crippen molar-refractivity contribution in [3.8, 4) is 0 Å². The van der Waals surface area contributed by atoms with Gasteiger partial charge in [0.2, 0.25) is 0 Å². The minimum atomic E-state index is 0.803. The van der Waals surface area contributed by atoms with Crippen LogP contribution in [0.15, 0.2) is 58.1 Å². The first kappa shape index (κ1) is 16.9. The summed E-state index contributed by atoms with van der Waals surface area (Å²) >= 11 is 0. The molecule has 0 unspecified atom stereocenters. The van der Waals surface area contributed by atoms with Crippen LogP contribution in [-0.2, 0) is 6.42 Å². The van der Waals surface area contributed by atoms with Crippen molar-refractivity contribution in [3.63, 3.8) is 0 Å². The van der Waals surface area contributed by atoms with Gasteiger partial charge in [-0.15, -0.1) is 0 Å². The molecule has 124 valence electrons. The van der Waals surface area contributed by atoms with E-state index in [1.807, 2.05) is 18.2 Å². The average Bonchev–Trinajstić information content (AvgIpc) is 3.11. The topological polar surface area (TPSA) is 52.8 Å². The van der Waals surface area contributed by atoms with Gasteiger partial charge in [-0.2, -0.15) is 0 Å². The van der Waals surface area contributed by atoms with Crippen LogP contribution < -0.4 is 15.5 Å². The summed E-state index contributed by atoms with van der Waals surface area (Å²) < 4.78 is 5.31. The molecule has 0 bridgehead atoms. The van der Waals surface area contributed by atoms with E-state index in [0.29, 0.717) is 0 Å². The molecule has 1 aromatic carbocycles. The number of hydrogen-bond donors (Lipinski definition) is 2. The second-order valence-corrected chi connectivity index (χ2v) is 5.37. The molecule has 0 atom stereocenters. The summed E-state index contributed by atoms with van der Waals surface area (Å²) in [6.45, 7) is 2.69. The van der Waals surface area contributed by atoms with E-state index in [0.717, 1.165) is 44.2 Å². The number of nitrogens with one attached hydrogen (secondary N) is 2. The Hall–Kier alpha value is -2.43. The number of guanidine groups is 1. The van der Waals surface area contributed by atoms with Gasteiger partial charge >= 0.3 is 0 Å². The highest BCUT2D eigenvalue weighted by Gasteiger charge is 2.01. The van der Waals surface area contributed by atoms with Gasteiger partial charge in [-0.3, -0.25) is 4.99 Å². The van der Waals surface area contributed by atoms with Crippen molar-refractivity contribution < 1.29 is 4.42 Å². The van der Waals surface area contributed by atoms with Crippen molar-refractivity contribution in [2.45, 2.75) is 12.8 Å². The molecule has 0 spiro atoms. The van der Waals surface area contributed by atoms with E-state index in [1.54, 1.807) is 13.3 Å². The summed E-state index contributed by atoms with van der Waals surface area (Å²) in [6, 6.07) is 14.3. The summed E-state index contributed by atoms with van der Waals surface area (Å²) in [6.07, 6.45) is 3.60. The minimum Gasteiger partial charge on any atom is -0.469 e. The smallest absolute Gasteiger partial charge is 0.190 e. The number of rotatable bonds is 8. The quantitative estimate of drug-likeness (QED) is 0.447. The van der Waals surface area contributed by atoms with E-state index in [1.165, 1.54) is 5.69 Å². The average molecular weight is 314 g/mol. The molecule has 2 aromatic rings. The Kier molecular flexibility index (Phi) is 7.04. The standard InChI is InChI=1S/C18H26N4O/c1-19-18(21-13-11-17-10-6-15-23-17)20-12-7-14-22(2)16-8-4-3-5-9-16/h3-6,8-10,15H,7,11-14H2,1-2H3,(H2,19,20,21). The van der Waals surface area contributed by atoms with Crippen LogP contribution >= 0.6 is 0 Å². The van der Waals surface area contributed by atoms with E-state index in [9.17, 15) is 0 Å². The summed E-state index contributed by atoms with van der Waals surface area (Å²) in [7, 11) is 3.91. The molecule has 1 heterocycles. The first-order valence-corrected chi connectivity index (χ1v) is 8.02. The van der Waals surface area contributed by atoms with E-state index in [4.69, 9.17) is 4.42 Å². The van der Waals surface area contributed by atoms with Gasteiger partial charge in [0, 0.05) is 45.8 Å². The highest BCUT2D eigenvalue weighted by molar-refractivity contribution is 5.79. The Morgan fingerprint density at radius 2 is 1.87 bits per heavy atom. The predicted molar refractivity (Wildman–Crippen MR) is 96.1 cm³/mol. The van der Waals surface area contributed by atoms with Crippen LogP contribution in [0, 0.1) is 0 Å². The molecule has 1 aromatic heterocycles. The SMILES string of the molecule is CN=C(NCCCN(C)c1ccccc1)NCCc1ccco1. The third-order valence-electron chi connectivity index (χ3n) is 3.63. The van der Waals surface area contributed by atoms with Crippen molar-refractivity contribution in [1.29, 1.82) is 0 Å². The molecular weight excluding hydrogens is 288 g/mol. The number of anilines is 1. The highest BCUT2D eigenvalue weighted by atomic mass is 16.3. The lowest BCUT2D eigenvalue weighted by Gasteiger charge is -2.19. The molecule has 2 N–H and O–H groups in total. The summed E-state index contributed by atoms with van der Waals surface area (Å²) in [5.74, 6) is 1.82. The Morgan fingerprint density at radius 3 is 2.57 bits per heavy atom. The molecule has 0 saturated carbocycles. The molecule has 0 fully saturated rings. The number of aliphatic imine (C=N–C) groups is 1. The zero-order chi connectivity index (χ0) is 16.3. The zero-order valence-electron chi connectivity index (χ0n) is 14.0. The molecule has 0 aliphatic heterocycles. The van der Waals surface area contributed by atoms with Crippen LogP contribution in [0.2, 0.25) is 0 Å². The summed E-state index contributed by atoms with van der Waals surface area (Å²) in [5, 5.41) is 6.63. The molecule has 0 amide bonds. The van der Waals surface area contributed by atoms with Crippen LogP contribution in [0.25, 0.3) is 0 Å². The van der Waals surface area contributed by atoms with Crippen molar-refractivity contribution in [2.75, 3.05) is 38.6 Å². The number of para-hydroxylation sites is 1. The van der Waals surface area contributed by atoms with Crippen LogP contribution in [0.3, 0.4) is 0 Å². The van der Waals surface area contributed by atoms with Crippen LogP contribution in [0.4, 0.5) is 5.69 Å². The second-order valence-electron chi connectivity index (χ2n) is 5.37. The third kappa shape index (κ3) is 6.06. The fraction of sp³-hybridized carbons (Fsp3) is 0.389. The van der Waals surface area contributed by atoms with Crippen LogP contribution in [0.1, 0.15) is 12.2 Å². The first-order chi connectivity index (χ1) is 11.3. The Morgan fingerprint density at radius 1 is 1.09 bits per heavy atom. The Labute approximate surface area is 138 Å². The molecular formula is C18H26N4O. The Balaban J connectivity index is 1.60. The fourth-order valence-electron chi connectivity index (χ4n) is 2.31. The highest BCUT2D eigenvalue weighted by Crippen LogP contribution is 2.10. The van der Waals surface area contributed by atoms with Gasteiger partial charge < -0.3 is 20.0 Å². The maximum absolute atomic E-state index is 5.31. The molecule has 0 saturated heterocycles.